The van der Waals surface area contributed by atoms with Gasteiger partial charge in [-0.25, -0.2) is 0 Å². The number of aliphatic hydroxyl groups is 2. The summed E-state index contributed by atoms with van der Waals surface area (Å²) < 4.78 is 10.5. The van der Waals surface area contributed by atoms with Gasteiger partial charge in [0.15, 0.2) is 0 Å². The van der Waals surface area contributed by atoms with Crippen molar-refractivity contribution in [1.82, 2.24) is 0 Å². The van der Waals surface area contributed by atoms with E-state index in [0.717, 1.165) is 19.4 Å². The van der Waals surface area contributed by atoms with Gasteiger partial charge >= 0.3 is 0 Å². The van der Waals surface area contributed by atoms with Gasteiger partial charge < -0.3 is 19.7 Å². The van der Waals surface area contributed by atoms with Crippen molar-refractivity contribution in [3.8, 4) is 0 Å². The first kappa shape index (κ1) is 8.44. The highest BCUT2D eigenvalue weighted by Crippen LogP contribution is 2.26. The molecular weight excluding hydrogens is 160 g/mol. The Balaban J connectivity index is 1.62. The molecule has 3 atom stereocenters. The van der Waals surface area contributed by atoms with Crippen molar-refractivity contribution in [3.63, 3.8) is 0 Å². The molecule has 1 saturated carbocycles. The zero-order valence-corrected chi connectivity index (χ0v) is 6.85. The summed E-state index contributed by atoms with van der Waals surface area (Å²) in [5.74, 6) is 0. The van der Waals surface area contributed by atoms with Crippen LogP contribution in [0.2, 0.25) is 0 Å². The summed E-state index contributed by atoms with van der Waals surface area (Å²) in [6, 6.07) is 0. The first-order valence-corrected chi connectivity index (χ1v) is 4.38. The molecule has 2 aliphatic rings. The maximum Gasteiger partial charge on any atom is 0.115 e. The van der Waals surface area contributed by atoms with Gasteiger partial charge in [0.2, 0.25) is 0 Å². The molecule has 1 saturated heterocycles. The number of ether oxygens (including phenoxy) is 2. The molecule has 2 N–H and O–H groups in total. The molecule has 2 fully saturated rings. The summed E-state index contributed by atoms with van der Waals surface area (Å²) in [4.78, 5) is 0. The minimum atomic E-state index is -0.675. The van der Waals surface area contributed by atoms with Crippen molar-refractivity contribution < 1.29 is 19.7 Å². The van der Waals surface area contributed by atoms with Crippen LogP contribution < -0.4 is 0 Å². The van der Waals surface area contributed by atoms with Crippen LogP contribution in [0.5, 0.6) is 0 Å². The monoisotopic (exact) mass is 174 g/mol. The van der Waals surface area contributed by atoms with Crippen LogP contribution in [0, 0.1) is 0 Å². The first-order valence-electron chi connectivity index (χ1n) is 4.38. The second-order valence-electron chi connectivity index (χ2n) is 3.41. The predicted octanol–water partition coefficient (Wildman–Crippen LogP) is -0.714. The van der Waals surface area contributed by atoms with Crippen LogP contribution in [0.4, 0.5) is 0 Å². The largest absolute Gasteiger partial charge is 0.387 e. The van der Waals surface area contributed by atoms with E-state index in [1.54, 1.807) is 0 Å². The molecule has 70 valence electrons. The molecule has 4 nitrogen and oxygen atoms in total. The van der Waals surface area contributed by atoms with E-state index in [0.29, 0.717) is 6.61 Å². The van der Waals surface area contributed by atoms with Crippen LogP contribution in [0.3, 0.4) is 0 Å². The zero-order valence-electron chi connectivity index (χ0n) is 6.85. The lowest BCUT2D eigenvalue weighted by Crippen LogP contribution is -2.16. The van der Waals surface area contributed by atoms with E-state index < -0.39 is 12.2 Å². The average molecular weight is 174 g/mol. The third kappa shape index (κ3) is 1.61. The van der Waals surface area contributed by atoms with Crippen molar-refractivity contribution in [2.24, 2.45) is 0 Å². The Morgan fingerprint density at radius 2 is 2.08 bits per heavy atom. The van der Waals surface area contributed by atoms with Crippen LogP contribution in [0.15, 0.2) is 0 Å². The van der Waals surface area contributed by atoms with Gasteiger partial charge in [-0.05, 0) is 12.8 Å². The van der Waals surface area contributed by atoms with E-state index >= 15 is 0 Å². The van der Waals surface area contributed by atoms with E-state index in [-0.39, 0.29) is 12.2 Å². The predicted molar refractivity (Wildman–Crippen MR) is 40.7 cm³/mol. The summed E-state index contributed by atoms with van der Waals surface area (Å²) in [5, 5.41) is 17.9. The van der Waals surface area contributed by atoms with Crippen molar-refractivity contribution in [1.29, 1.82) is 0 Å². The SMILES string of the molecule is OC1C(O)C1OC[C@@H]1CCCO1. The van der Waals surface area contributed by atoms with Crippen molar-refractivity contribution in [2.75, 3.05) is 13.2 Å². The standard InChI is InChI=1S/C8H14O4/c9-6-7(10)8(6)12-4-5-2-1-3-11-5/h5-10H,1-4H2/t5-,6?,7?,8?/m0/s1. The number of rotatable bonds is 3. The van der Waals surface area contributed by atoms with Gasteiger partial charge in [-0.3, -0.25) is 0 Å². The lowest BCUT2D eigenvalue weighted by Gasteiger charge is -2.08. The summed E-state index contributed by atoms with van der Waals surface area (Å²) in [6.07, 6.45) is 0.569. The van der Waals surface area contributed by atoms with Gasteiger partial charge in [-0.1, -0.05) is 0 Å². The average Bonchev–Trinajstić information content (AvgIpc) is 2.60. The fourth-order valence-corrected chi connectivity index (χ4v) is 1.44. The van der Waals surface area contributed by atoms with Gasteiger partial charge in [0.1, 0.15) is 18.3 Å². The smallest absolute Gasteiger partial charge is 0.115 e. The van der Waals surface area contributed by atoms with Crippen molar-refractivity contribution in [2.45, 2.75) is 37.3 Å². The summed E-state index contributed by atoms with van der Waals surface area (Å²) in [6.45, 7) is 1.31. The molecule has 0 bridgehead atoms. The molecule has 0 aromatic rings. The van der Waals surface area contributed by atoms with Crippen LogP contribution >= 0.6 is 0 Å². The molecule has 12 heavy (non-hydrogen) atoms. The van der Waals surface area contributed by atoms with E-state index in [2.05, 4.69) is 0 Å². The fraction of sp³-hybridized carbons (Fsp3) is 1.00. The van der Waals surface area contributed by atoms with E-state index in [1.807, 2.05) is 0 Å². The molecule has 0 aromatic carbocycles. The Hall–Kier alpha value is -0.160. The zero-order chi connectivity index (χ0) is 8.55. The van der Waals surface area contributed by atoms with E-state index in [9.17, 15) is 0 Å². The van der Waals surface area contributed by atoms with Gasteiger partial charge in [0, 0.05) is 6.61 Å². The lowest BCUT2D eigenvalue weighted by atomic mass is 10.2. The lowest BCUT2D eigenvalue weighted by molar-refractivity contribution is -0.00688. The van der Waals surface area contributed by atoms with Gasteiger partial charge in [0.25, 0.3) is 0 Å². The van der Waals surface area contributed by atoms with Crippen LogP contribution in [0.25, 0.3) is 0 Å². The third-order valence-electron chi connectivity index (χ3n) is 2.38. The molecule has 1 aliphatic carbocycles. The Bertz CT molecular complexity index is 145. The number of aliphatic hydroxyl groups excluding tert-OH is 2. The van der Waals surface area contributed by atoms with Crippen LogP contribution in [0.1, 0.15) is 12.8 Å². The molecular formula is C8H14O4. The molecule has 2 rings (SSSR count). The summed E-state index contributed by atoms with van der Waals surface area (Å²) in [5.41, 5.74) is 0. The molecule has 1 heterocycles. The van der Waals surface area contributed by atoms with Gasteiger partial charge in [0.05, 0.1) is 12.7 Å². The maximum absolute atomic E-state index is 8.95. The normalized spacial score (nSPS) is 46.5. The second kappa shape index (κ2) is 3.30. The molecule has 2 unspecified atom stereocenters. The van der Waals surface area contributed by atoms with Crippen molar-refractivity contribution >= 4 is 0 Å². The van der Waals surface area contributed by atoms with Crippen LogP contribution in [-0.2, 0) is 9.47 Å². The van der Waals surface area contributed by atoms with Gasteiger partial charge in [-0.15, -0.1) is 0 Å². The highest BCUT2D eigenvalue weighted by molar-refractivity contribution is 5.00. The van der Waals surface area contributed by atoms with E-state index in [1.165, 1.54) is 0 Å². The highest BCUT2D eigenvalue weighted by Gasteiger charge is 2.49. The fourth-order valence-electron chi connectivity index (χ4n) is 1.44. The van der Waals surface area contributed by atoms with Crippen molar-refractivity contribution in [3.05, 3.63) is 0 Å². The number of hydrogen-bond acceptors (Lipinski definition) is 4. The molecule has 4 heteroatoms. The topological polar surface area (TPSA) is 58.9 Å². The van der Waals surface area contributed by atoms with Crippen LogP contribution in [-0.4, -0.2) is 47.8 Å². The number of hydrogen-bond donors (Lipinski definition) is 2. The maximum atomic E-state index is 8.95. The van der Waals surface area contributed by atoms with E-state index in [4.69, 9.17) is 19.7 Å². The molecule has 0 spiro atoms. The molecule has 1 aliphatic heterocycles. The minimum absolute atomic E-state index is 0.171. The Kier molecular flexibility index (Phi) is 2.32. The van der Waals surface area contributed by atoms with Gasteiger partial charge in [-0.2, -0.15) is 0 Å². The third-order valence-corrected chi connectivity index (χ3v) is 2.38. The highest BCUT2D eigenvalue weighted by atomic mass is 16.6. The Morgan fingerprint density at radius 3 is 2.58 bits per heavy atom. The molecule has 0 aromatic heterocycles. The first-order chi connectivity index (χ1) is 5.79. The minimum Gasteiger partial charge on any atom is -0.387 e. The summed E-state index contributed by atoms with van der Waals surface area (Å²) >= 11 is 0. The Labute approximate surface area is 71.1 Å². The Morgan fingerprint density at radius 1 is 1.33 bits per heavy atom. The second-order valence-corrected chi connectivity index (χ2v) is 3.41. The quantitative estimate of drug-likeness (QED) is 0.593. The molecule has 0 amide bonds. The summed E-state index contributed by atoms with van der Waals surface area (Å²) in [7, 11) is 0. The molecule has 0 radical (unpaired) electrons.